The van der Waals surface area contributed by atoms with E-state index in [2.05, 4.69) is 0 Å². The Bertz CT molecular complexity index is 141. The maximum atomic E-state index is 11.5. The van der Waals surface area contributed by atoms with Crippen molar-refractivity contribution in [1.82, 2.24) is 0 Å². The van der Waals surface area contributed by atoms with Crippen LogP contribution in [0.4, 0.5) is 0 Å². The van der Waals surface area contributed by atoms with Crippen molar-refractivity contribution in [1.29, 1.82) is 0 Å². The summed E-state index contributed by atoms with van der Waals surface area (Å²) in [7, 11) is 0. The van der Waals surface area contributed by atoms with Crippen LogP contribution < -0.4 is 0 Å². The molecule has 2 heteroatoms. The van der Waals surface area contributed by atoms with Crippen molar-refractivity contribution in [2.24, 2.45) is 17.8 Å². The van der Waals surface area contributed by atoms with Crippen molar-refractivity contribution in [3.63, 3.8) is 0 Å². The summed E-state index contributed by atoms with van der Waals surface area (Å²) in [6.45, 7) is 7.46. The SMILES string of the molecule is CC(C)C([O])C(C)COCC1CC1. The van der Waals surface area contributed by atoms with Gasteiger partial charge in [-0.3, -0.25) is 0 Å². The molecule has 77 valence electrons. The normalized spacial score (nSPS) is 21.9. The molecule has 13 heavy (non-hydrogen) atoms. The molecule has 1 fully saturated rings. The van der Waals surface area contributed by atoms with Gasteiger partial charge in [0.15, 0.2) is 0 Å². The van der Waals surface area contributed by atoms with Gasteiger partial charge in [-0.2, -0.15) is 0 Å². The molecule has 1 aliphatic rings. The van der Waals surface area contributed by atoms with Crippen LogP contribution in [0.5, 0.6) is 0 Å². The van der Waals surface area contributed by atoms with Crippen LogP contribution in [0.3, 0.4) is 0 Å². The molecule has 0 saturated heterocycles. The fourth-order valence-electron chi connectivity index (χ4n) is 1.46. The summed E-state index contributed by atoms with van der Waals surface area (Å²) in [4.78, 5) is 0. The first-order valence-corrected chi connectivity index (χ1v) is 5.34. The van der Waals surface area contributed by atoms with E-state index < -0.39 is 6.10 Å². The van der Waals surface area contributed by atoms with E-state index in [1.807, 2.05) is 20.8 Å². The topological polar surface area (TPSA) is 29.1 Å². The largest absolute Gasteiger partial charge is 0.381 e. The van der Waals surface area contributed by atoms with Crippen molar-refractivity contribution in [3.05, 3.63) is 0 Å². The van der Waals surface area contributed by atoms with Gasteiger partial charge < -0.3 is 4.74 Å². The maximum Gasteiger partial charge on any atom is 0.1000 e. The van der Waals surface area contributed by atoms with E-state index in [1.165, 1.54) is 12.8 Å². The average molecular weight is 185 g/mol. The molecule has 2 unspecified atom stereocenters. The molecule has 0 aromatic carbocycles. The van der Waals surface area contributed by atoms with Crippen LogP contribution in [0, 0.1) is 17.8 Å². The Morgan fingerprint density at radius 2 is 1.92 bits per heavy atom. The van der Waals surface area contributed by atoms with E-state index in [-0.39, 0.29) is 11.8 Å². The lowest BCUT2D eigenvalue weighted by Gasteiger charge is -2.19. The van der Waals surface area contributed by atoms with Crippen molar-refractivity contribution in [3.8, 4) is 0 Å². The summed E-state index contributed by atoms with van der Waals surface area (Å²) in [5.41, 5.74) is 0. The smallest absolute Gasteiger partial charge is 0.1000 e. The van der Waals surface area contributed by atoms with E-state index in [4.69, 9.17) is 4.74 Å². The van der Waals surface area contributed by atoms with E-state index >= 15 is 0 Å². The van der Waals surface area contributed by atoms with E-state index in [0.717, 1.165) is 12.5 Å². The highest BCUT2D eigenvalue weighted by atomic mass is 16.5. The average Bonchev–Trinajstić information content (AvgIpc) is 2.86. The van der Waals surface area contributed by atoms with Gasteiger partial charge in [0.2, 0.25) is 0 Å². The highest BCUT2D eigenvalue weighted by Gasteiger charge is 2.23. The lowest BCUT2D eigenvalue weighted by atomic mass is 9.96. The van der Waals surface area contributed by atoms with Crippen LogP contribution in [0.1, 0.15) is 33.6 Å². The van der Waals surface area contributed by atoms with Crippen molar-refractivity contribution in [2.75, 3.05) is 13.2 Å². The Labute approximate surface area is 81.3 Å². The quantitative estimate of drug-likeness (QED) is 0.625. The predicted molar refractivity (Wildman–Crippen MR) is 52.0 cm³/mol. The fourth-order valence-corrected chi connectivity index (χ4v) is 1.46. The molecule has 0 aromatic rings. The van der Waals surface area contributed by atoms with E-state index in [9.17, 15) is 5.11 Å². The van der Waals surface area contributed by atoms with Gasteiger partial charge in [-0.05, 0) is 24.7 Å². The third-order valence-electron chi connectivity index (χ3n) is 2.65. The van der Waals surface area contributed by atoms with Gasteiger partial charge >= 0.3 is 0 Å². The van der Waals surface area contributed by atoms with Crippen LogP contribution in [0.25, 0.3) is 0 Å². The minimum atomic E-state index is -0.473. The minimum Gasteiger partial charge on any atom is -0.381 e. The molecule has 0 heterocycles. The first kappa shape index (κ1) is 11.0. The van der Waals surface area contributed by atoms with Gasteiger partial charge in [0.05, 0.1) is 12.7 Å². The predicted octanol–water partition coefficient (Wildman–Crippen LogP) is 2.50. The minimum absolute atomic E-state index is 0.152. The Kier molecular flexibility index (Phi) is 4.20. The lowest BCUT2D eigenvalue weighted by molar-refractivity contribution is -0.0298. The summed E-state index contributed by atoms with van der Waals surface area (Å²) in [5, 5.41) is 11.5. The summed E-state index contributed by atoms with van der Waals surface area (Å²) in [6, 6.07) is 0. The third-order valence-corrected chi connectivity index (χ3v) is 2.65. The summed E-state index contributed by atoms with van der Waals surface area (Å²) in [5.74, 6) is 1.18. The Hall–Kier alpha value is -0.0800. The third kappa shape index (κ3) is 4.10. The van der Waals surface area contributed by atoms with Crippen LogP contribution in [-0.2, 0) is 9.84 Å². The summed E-state index contributed by atoms with van der Waals surface area (Å²) < 4.78 is 5.49. The fraction of sp³-hybridized carbons (Fsp3) is 1.00. The molecule has 1 radical (unpaired) electrons. The van der Waals surface area contributed by atoms with Crippen LogP contribution in [0.15, 0.2) is 0 Å². The lowest BCUT2D eigenvalue weighted by Crippen LogP contribution is -2.26. The molecule has 2 nitrogen and oxygen atoms in total. The molecule has 0 bridgehead atoms. The summed E-state index contributed by atoms with van der Waals surface area (Å²) in [6.07, 6.45) is 2.16. The zero-order valence-corrected chi connectivity index (χ0v) is 8.95. The van der Waals surface area contributed by atoms with Gasteiger partial charge in [-0.1, -0.05) is 20.8 Å². The van der Waals surface area contributed by atoms with Gasteiger partial charge in [0.1, 0.15) is 0 Å². The Morgan fingerprint density at radius 3 is 2.38 bits per heavy atom. The molecule has 1 aliphatic carbocycles. The van der Waals surface area contributed by atoms with E-state index in [0.29, 0.717) is 6.61 Å². The Balaban J connectivity index is 2.04. The first-order chi connectivity index (χ1) is 6.11. The van der Waals surface area contributed by atoms with Crippen LogP contribution in [-0.4, -0.2) is 19.3 Å². The van der Waals surface area contributed by atoms with Gasteiger partial charge in [0, 0.05) is 12.5 Å². The molecule has 1 saturated carbocycles. The second-order valence-corrected chi connectivity index (χ2v) is 4.67. The molecule has 0 amide bonds. The number of ether oxygens (including phenoxy) is 1. The first-order valence-electron chi connectivity index (χ1n) is 5.34. The molecule has 0 spiro atoms. The van der Waals surface area contributed by atoms with Gasteiger partial charge in [-0.15, -0.1) is 0 Å². The second-order valence-electron chi connectivity index (χ2n) is 4.67. The standard InChI is InChI=1S/C11H21O2/c1-8(2)11(12)9(3)6-13-7-10-4-5-10/h8-11H,4-7H2,1-3H3. The number of hydrogen-bond acceptors (Lipinski definition) is 1. The molecule has 0 N–H and O–H groups in total. The van der Waals surface area contributed by atoms with Crippen molar-refractivity contribution in [2.45, 2.75) is 39.7 Å². The summed E-state index contributed by atoms with van der Waals surface area (Å²) >= 11 is 0. The van der Waals surface area contributed by atoms with Gasteiger partial charge in [-0.25, -0.2) is 5.11 Å². The van der Waals surface area contributed by atoms with Crippen LogP contribution >= 0.6 is 0 Å². The maximum absolute atomic E-state index is 11.5. The molecular weight excluding hydrogens is 164 g/mol. The highest BCUT2D eigenvalue weighted by Crippen LogP contribution is 2.29. The Morgan fingerprint density at radius 1 is 1.31 bits per heavy atom. The molecule has 2 atom stereocenters. The van der Waals surface area contributed by atoms with Crippen molar-refractivity contribution >= 4 is 0 Å². The second kappa shape index (κ2) is 4.97. The monoisotopic (exact) mass is 185 g/mol. The zero-order valence-electron chi connectivity index (χ0n) is 8.95. The molecule has 0 aromatic heterocycles. The highest BCUT2D eigenvalue weighted by molar-refractivity contribution is 4.73. The van der Waals surface area contributed by atoms with E-state index in [1.54, 1.807) is 0 Å². The number of hydrogen-bond donors (Lipinski definition) is 0. The molecule has 0 aliphatic heterocycles. The molecular formula is C11H21O2. The number of rotatable bonds is 6. The zero-order chi connectivity index (χ0) is 9.84. The van der Waals surface area contributed by atoms with Gasteiger partial charge in [0.25, 0.3) is 0 Å². The van der Waals surface area contributed by atoms with Crippen molar-refractivity contribution < 1.29 is 9.84 Å². The molecule has 1 rings (SSSR count). The van der Waals surface area contributed by atoms with Crippen LogP contribution in [0.2, 0.25) is 0 Å².